The Labute approximate surface area is 77.1 Å². The van der Waals surface area contributed by atoms with Gasteiger partial charge in [-0.05, 0) is 19.1 Å². The first-order valence-corrected chi connectivity index (χ1v) is 4.09. The van der Waals surface area contributed by atoms with Crippen LogP contribution >= 0.6 is 0 Å². The van der Waals surface area contributed by atoms with E-state index in [-0.39, 0.29) is 0 Å². The first-order chi connectivity index (χ1) is 6.33. The van der Waals surface area contributed by atoms with Gasteiger partial charge in [0, 0.05) is 0 Å². The van der Waals surface area contributed by atoms with Crippen molar-refractivity contribution in [1.29, 1.82) is 0 Å². The maximum Gasteiger partial charge on any atom is 0.349 e. The zero-order valence-electron chi connectivity index (χ0n) is 7.43. The van der Waals surface area contributed by atoms with Crippen molar-refractivity contribution in [3.63, 3.8) is 0 Å². The van der Waals surface area contributed by atoms with Crippen LogP contribution < -0.4 is 0 Å². The van der Waals surface area contributed by atoms with Crippen LogP contribution in [0.2, 0.25) is 0 Å². The molecule has 0 saturated heterocycles. The van der Waals surface area contributed by atoms with Gasteiger partial charge in [0.15, 0.2) is 0 Å². The number of carbonyl (C=O) groups excluding carboxylic acids is 1. The van der Waals surface area contributed by atoms with Crippen LogP contribution in [0.15, 0.2) is 35.3 Å². The van der Waals surface area contributed by atoms with Gasteiger partial charge >= 0.3 is 5.97 Å². The van der Waals surface area contributed by atoms with E-state index in [1.807, 2.05) is 30.3 Å². The first-order valence-electron chi connectivity index (χ1n) is 4.09. The molecular formula is C10H11NO2. The molecule has 1 aromatic rings. The summed E-state index contributed by atoms with van der Waals surface area (Å²) < 4.78 is 4.68. The molecule has 3 nitrogen and oxygen atoms in total. The highest BCUT2D eigenvalue weighted by Crippen LogP contribution is 2.08. The summed E-state index contributed by atoms with van der Waals surface area (Å²) in [6.45, 7) is 2.13. The lowest BCUT2D eigenvalue weighted by Crippen LogP contribution is -2.04. The van der Waals surface area contributed by atoms with Crippen molar-refractivity contribution in [1.82, 2.24) is 0 Å². The van der Waals surface area contributed by atoms with Gasteiger partial charge in [0.05, 0.1) is 12.3 Å². The molecule has 0 unspecified atom stereocenters. The molecule has 0 atom stereocenters. The Bertz CT molecular complexity index is 293. The Hall–Kier alpha value is -1.64. The number of carbonyl (C=O) groups is 1. The van der Waals surface area contributed by atoms with Crippen LogP contribution in [-0.4, -0.2) is 18.8 Å². The Morgan fingerprint density at radius 3 is 2.77 bits per heavy atom. The molecule has 68 valence electrons. The minimum absolute atomic E-state index is 0.375. The van der Waals surface area contributed by atoms with E-state index in [0.29, 0.717) is 6.61 Å². The third-order valence-electron chi connectivity index (χ3n) is 1.36. The summed E-state index contributed by atoms with van der Waals surface area (Å²) in [5.41, 5.74) is 0.746. The van der Waals surface area contributed by atoms with Crippen molar-refractivity contribution in [2.24, 2.45) is 4.99 Å². The van der Waals surface area contributed by atoms with Crippen LogP contribution in [0.1, 0.15) is 6.92 Å². The fourth-order valence-electron chi connectivity index (χ4n) is 0.821. The number of hydrogen-bond acceptors (Lipinski definition) is 3. The molecule has 0 heterocycles. The normalized spacial score (nSPS) is 10.2. The molecular weight excluding hydrogens is 166 g/mol. The van der Waals surface area contributed by atoms with Gasteiger partial charge in [-0.3, -0.25) is 0 Å². The van der Waals surface area contributed by atoms with E-state index in [1.54, 1.807) is 6.92 Å². The molecule has 0 aromatic heterocycles. The average molecular weight is 177 g/mol. The number of aliphatic imine (C=N–C) groups is 1. The topological polar surface area (TPSA) is 38.7 Å². The maximum atomic E-state index is 10.8. The lowest BCUT2D eigenvalue weighted by molar-refractivity contribution is -0.134. The van der Waals surface area contributed by atoms with Crippen LogP contribution in [0.3, 0.4) is 0 Å². The van der Waals surface area contributed by atoms with Crippen molar-refractivity contribution in [3.05, 3.63) is 30.3 Å². The van der Waals surface area contributed by atoms with E-state index < -0.39 is 5.97 Å². The predicted octanol–water partition coefficient (Wildman–Crippen LogP) is 1.95. The molecule has 0 aliphatic rings. The second-order valence-electron chi connectivity index (χ2n) is 2.35. The lowest BCUT2D eigenvalue weighted by Gasteiger charge is -1.94. The highest BCUT2D eigenvalue weighted by atomic mass is 16.5. The second-order valence-corrected chi connectivity index (χ2v) is 2.35. The monoisotopic (exact) mass is 177 g/mol. The zero-order chi connectivity index (χ0) is 9.52. The summed E-state index contributed by atoms with van der Waals surface area (Å²) in [5, 5.41) is 0. The van der Waals surface area contributed by atoms with Crippen molar-refractivity contribution < 1.29 is 9.53 Å². The van der Waals surface area contributed by atoms with E-state index in [1.165, 1.54) is 6.21 Å². The van der Waals surface area contributed by atoms with Crippen LogP contribution in [0.4, 0.5) is 5.69 Å². The fraction of sp³-hybridized carbons (Fsp3) is 0.200. The van der Waals surface area contributed by atoms with E-state index in [9.17, 15) is 4.79 Å². The molecule has 0 bridgehead atoms. The third kappa shape index (κ3) is 3.51. The highest BCUT2D eigenvalue weighted by Gasteiger charge is 1.93. The van der Waals surface area contributed by atoms with E-state index >= 15 is 0 Å². The highest BCUT2D eigenvalue weighted by molar-refractivity contribution is 6.23. The van der Waals surface area contributed by atoms with E-state index in [4.69, 9.17) is 0 Å². The molecule has 13 heavy (non-hydrogen) atoms. The number of para-hydroxylation sites is 1. The summed E-state index contributed by atoms with van der Waals surface area (Å²) in [6, 6.07) is 9.24. The van der Waals surface area contributed by atoms with Crippen LogP contribution in [0.25, 0.3) is 0 Å². The largest absolute Gasteiger partial charge is 0.462 e. The van der Waals surface area contributed by atoms with Gasteiger partial charge in [-0.15, -0.1) is 0 Å². The molecule has 1 rings (SSSR count). The van der Waals surface area contributed by atoms with Gasteiger partial charge in [-0.2, -0.15) is 0 Å². The Morgan fingerprint density at radius 1 is 1.46 bits per heavy atom. The summed E-state index contributed by atoms with van der Waals surface area (Å²) in [6.07, 6.45) is 1.18. The molecule has 0 saturated carbocycles. The van der Waals surface area contributed by atoms with Gasteiger partial charge in [-0.1, -0.05) is 18.2 Å². The van der Waals surface area contributed by atoms with Gasteiger partial charge in [-0.25, -0.2) is 9.79 Å². The number of benzene rings is 1. The third-order valence-corrected chi connectivity index (χ3v) is 1.36. The second kappa shape index (κ2) is 5.09. The molecule has 0 spiro atoms. The maximum absolute atomic E-state index is 10.8. The molecule has 1 aromatic carbocycles. The number of nitrogens with zero attached hydrogens (tertiary/aromatic N) is 1. The molecule has 0 fully saturated rings. The summed E-state index contributed by atoms with van der Waals surface area (Å²) in [5.74, 6) is -0.411. The summed E-state index contributed by atoms with van der Waals surface area (Å²) in [7, 11) is 0. The predicted molar refractivity (Wildman–Crippen MR) is 51.2 cm³/mol. The van der Waals surface area contributed by atoms with Gasteiger partial charge in [0.1, 0.15) is 6.21 Å². The van der Waals surface area contributed by atoms with Crippen molar-refractivity contribution in [2.45, 2.75) is 6.92 Å². The van der Waals surface area contributed by atoms with Gasteiger partial charge < -0.3 is 4.74 Å². The fourth-order valence-corrected chi connectivity index (χ4v) is 0.821. The van der Waals surface area contributed by atoms with E-state index in [2.05, 4.69) is 9.73 Å². The summed E-state index contributed by atoms with van der Waals surface area (Å²) >= 11 is 0. The van der Waals surface area contributed by atoms with Gasteiger partial charge in [0.2, 0.25) is 0 Å². The van der Waals surface area contributed by atoms with Crippen molar-refractivity contribution >= 4 is 17.9 Å². The minimum Gasteiger partial charge on any atom is -0.462 e. The molecule has 0 N–H and O–H groups in total. The Kier molecular flexibility index (Phi) is 3.70. The van der Waals surface area contributed by atoms with E-state index in [0.717, 1.165) is 5.69 Å². The number of esters is 1. The zero-order valence-corrected chi connectivity index (χ0v) is 7.43. The van der Waals surface area contributed by atoms with Gasteiger partial charge in [0.25, 0.3) is 0 Å². The quantitative estimate of drug-likeness (QED) is 0.523. The Balaban J connectivity index is 2.54. The number of rotatable bonds is 3. The molecule has 0 radical (unpaired) electrons. The van der Waals surface area contributed by atoms with Crippen LogP contribution in [0, 0.1) is 0 Å². The SMILES string of the molecule is CCOC(=O)C=Nc1ccccc1. The Morgan fingerprint density at radius 2 is 2.15 bits per heavy atom. The van der Waals surface area contributed by atoms with Crippen molar-refractivity contribution in [2.75, 3.05) is 6.61 Å². The molecule has 0 aliphatic heterocycles. The molecule has 0 aliphatic carbocycles. The van der Waals surface area contributed by atoms with Crippen LogP contribution in [0.5, 0.6) is 0 Å². The average Bonchev–Trinajstić information content (AvgIpc) is 2.17. The smallest absolute Gasteiger partial charge is 0.349 e. The number of hydrogen-bond donors (Lipinski definition) is 0. The lowest BCUT2D eigenvalue weighted by atomic mass is 10.3. The number of ether oxygens (including phenoxy) is 1. The molecule has 3 heteroatoms. The molecule has 0 amide bonds. The standard InChI is InChI=1S/C10H11NO2/c1-2-13-10(12)8-11-9-6-4-3-5-7-9/h3-8H,2H2,1H3. The summed E-state index contributed by atoms with van der Waals surface area (Å²) in [4.78, 5) is 14.8. The minimum atomic E-state index is -0.411. The van der Waals surface area contributed by atoms with Crippen LogP contribution in [-0.2, 0) is 9.53 Å². The first kappa shape index (κ1) is 9.45. The van der Waals surface area contributed by atoms with Crippen molar-refractivity contribution in [3.8, 4) is 0 Å².